The van der Waals surface area contributed by atoms with Gasteiger partial charge in [-0.2, -0.15) is 5.10 Å². The number of hydrazone groups is 1. The Morgan fingerprint density at radius 1 is 1.26 bits per heavy atom. The van der Waals surface area contributed by atoms with Crippen molar-refractivity contribution in [2.24, 2.45) is 5.10 Å². The Hall–Kier alpha value is -2.01. The summed E-state index contributed by atoms with van der Waals surface area (Å²) in [7, 11) is 0. The molecular formula is C14H14N2O2S. The fraction of sp³-hybridized carbons (Fsp3) is 0.143. The Balaban J connectivity index is 1.99. The molecule has 0 fully saturated rings. The lowest BCUT2D eigenvalue weighted by atomic mass is 10.2. The smallest absolute Gasteiger partial charge is 0.236 e. The van der Waals surface area contributed by atoms with E-state index >= 15 is 0 Å². The predicted molar refractivity (Wildman–Crippen MR) is 75.4 cm³/mol. The number of carbonyl (C=O) groups excluding carboxylic acids is 1. The fourth-order valence-corrected chi connectivity index (χ4v) is 2.15. The first-order valence-electron chi connectivity index (χ1n) is 5.77. The lowest BCUT2D eigenvalue weighted by Crippen LogP contribution is -2.12. The number of amides is 1. The summed E-state index contributed by atoms with van der Waals surface area (Å²) in [6, 6.07) is 11.9. The van der Waals surface area contributed by atoms with Crippen molar-refractivity contribution in [2.75, 3.05) is 0 Å². The molecule has 0 aliphatic carbocycles. The van der Waals surface area contributed by atoms with Crippen LogP contribution >= 0.6 is 11.8 Å². The van der Waals surface area contributed by atoms with Crippen LogP contribution in [0.4, 0.5) is 0 Å². The lowest BCUT2D eigenvalue weighted by molar-refractivity contribution is -0.118. The number of aryl methyl sites for hydroxylation is 1. The van der Waals surface area contributed by atoms with Crippen molar-refractivity contribution in [3.05, 3.63) is 47.7 Å². The van der Waals surface area contributed by atoms with Crippen LogP contribution < -0.4 is 5.43 Å². The maximum Gasteiger partial charge on any atom is 0.236 e. The highest BCUT2D eigenvalue weighted by molar-refractivity contribution is 7.99. The number of rotatable bonds is 4. The third kappa shape index (κ3) is 4.30. The van der Waals surface area contributed by atoms with Gasteiger partial charge in [-0.05, 0) is 31.2 Å². The average Bonchev–Trinajstić information content (AvgIpc) is 2.79. The molecule has 5 heteroatoms. The minimum atomic E-state index is -0.211. The summed E-state index contributed by atoms with van der Waals surface area (Å²) in [5, 5.41) is 4.53. The minimum absolute atomic E-state index is 0.211. The normalized spacial score (nSPS) is 10.8. The number of nitrogens with one attached hydrogen (secondary N) is 1. The number of furan rings is 1. The second-order valence-electron chi connectivity index (χ2n) is 4.00. The van der Waals surface area contributed by atoms with Crippen LogP contribution in [0.2, 0.25) is 0 Å². The van der Waals surface area contributed by atoms with Crippen LogP contribution in [0, 0.1) is 6.92 Å². The van der Waals surface area contributed by atoms with Gasteiger partial charge in [0, 0.05) is 11.8 Å². The van der Waals surface area contributed by atoms with Gasteiger partial charge in [0.15, 0.2) is 5.09 Å². The van der Waals surface area contributed by atoms with Crippen LogP contribution in [0.15, 0.2) is 55.9 Å². The zero-order valence-electron chi connectivity index (χ0n) is 10.7. The van der Waals surface area contributed by atoms with Gasteiger partial charge in [-0.25, -0.2) is 5.43 Å². The monoisotopic (exact) mass is 274 g/mol. The Morgan fingerprint density at radius 2 is 2.00 bits per heavy atom. The van der Waals surface area contributed by atoms with Crippen molar-refractivity contribution in [2.45, 2.75) is 23.8 Å². The van der Waals surface area contributed by atoms with E-state index in [0.29, 0.717) is 5.76 Å². The van der Waals surface area contributed by atoms with E-state index in [1.807, 2.05) is 24.3 Å². The van der Waals surface area contributed by atoms with Gasteiger partial charge in [-0.15, -0.1) is 0 Å². The molecule has 1 amide bonds. The van der Waals surface area contributed by atoms with Crippen LogP contribution in [-0.4, -0.2) is 12.1 Å². The maximum atomic E-state index is 10.6. The third-order valence-corrected chi connectivity index (χ3v) is 3.18. The van der Waals surface area contributed by atoms with Crippen LogP contribution in [-0.2, 0) is 4.79 Å². The van der Waals surface area contributed by atoms with Gasteiger partial charge in [0.25, 0.3) is 0 Å². The second-order valence-corrected chi connectivity index (χ2v) is 5.08. The largest absolute Gasteiger partial charge is 0.448 e. The average molecular weight is 274 g/mol. The molecule has 2 rings (SSSR count). The number of hydrogen-bond acceptors (Lipinski definition) is 4. The van der Waals surface area contributed by atoms with E-state index in [1.165, 1.54) is 18.7 Å². The van der Waals surface area contributed by atoms with Crippen molar-refractivity contribution < 1.29 is 9.21 Å². The molecule has 0 spiro atoms. The SMILES string of the molecule is CC(=O)N/N=C/c1ccc(Sc2ccc(C)cc2)o1. The van der Waals surface area contributed by atoms with Crippen molar-refractivity contribution in [1.82, 2.24) is 5.43 Å². The highest BCUT2D eigenvalue weighted by Gasteiger charge is 2.02. The molecule has 0 bridgehead atoms. The van der Waals surface area contributed by atoms with Gasteiger partial charge >= 0.3 is 0 Å². The highest BCUT2D eigenvalue weighted by atomic mass is 32.2. The summed E-state index contributed by atoms with van der Waals surface area (Å²) < 4.78 is 5.56. The van der Waals surface area contributed by atoms with Gasteiger partial charge in [0.1, 0.15) is 5.76 Å². The van der Waals surface area contributed by atoms with E-state index in [1.54, 1.807) is 11.8 Å². The Morgan fingerprint density at radius 3 is 2.68 bits per heavy atom. The first-order valence-corrected chi connectivity index (χ1v) is 6.59. The Kier molecular flexibility index (Phi) is 4.41. The van der Waals surface area contributed by atoms with E-state index in [9.17, 15) is 4.79 Å². The lowest BCUT2D eigenvalue weighted by Gasteiger charge is -1.98. The summed E-state index contributed by atoms with van der Waals surface area (Å²) in [4.78, 5) is 11.8. The number of nitrogens with zero attached hydrogens (tertiary/aromatic N) is 1. The quantitative estimate of drug-likeness (QED) is 0.688. The predicted octanol–water partition coefficient (Wildman–Crippen LogP) is 3.21. The van der Waals surface area contributed by atoms with Crippen LogP contribution in [0.1, 0.15) is 18.2 Å². The van der Waals surface area contributed by atoms with E-state index in [4.69, 9.17) is 4.42 Å². The topological polar surface area (TPSA) is 54.6 Å². The molecule has 4 nitrogen and oxygen atoms in total. The van der Waals surface area contributed by atoms with Gasteiger partial charge < -0.3 is 4.42 Å². The van der Waals surface area contributed by atoms with Crippen LogP contribution in [0.3, 0.4) is 0 Å². The van der Waals surface area contributed by atoms with Gasteiger partial charge in [-0.1, -0.05) is 29.5 Å². The minimum Gasteiger partial charge on any atom is -0.448 e. The maximum absolute atomic E-state index is 10.6. The molecule has 0 saturated heterocycles. The molecule has 1 aromatic carbocycles. The van der Waals surface area contributed by atoms with E-state index in [-0.39, 0.29) is 5.91 Å². The molecule has 0 radical (unpaired) electrons. The highest BCUT2D eigenvalue weighted by Crippen LogP contribution is 2.28. The van der Waals surface area contributed by atoms with Crippen molar-refractivity contribution in [1.29, 1.82) is 0 Å². The molecule has 0 aliphatic rings. The molecule has 1 N–H and O–H groups in total. The van der Waals surface area contributed by atoms with Crippen LogP contribution in [0.25, 0.3) is 0 Å². The zero-order valence-corrected chi connectivity index (χ0v) is 11.5. The molecule has 1 aromatic heterocycles. The molecule has 0 unspecified atom stereocenters. The van der Waals surface area contributed by atoms with E-state index in [2.05, 4.69) is 29.6 Å². The molecular weight excluding hydrogens is 260 g/mol. The first kappa shape index (κ1) is 13.4. The van der Waals surface area contributed by atoms with Crippen LogP contribution in [0.5, 0.6) is 0 Å². The summed E-state index contributed by atoms with van der Waals surface area (Å²) in [6.45, 7) is 3.45. The molecule has 2 aromatic rings. The van der Waals surface area contributed by atoms with Gasteiger partial charge in [-0.3, -0.25) is 4.79 Å². The number of hydrogen-bond donors (Lipinski definition) is 1. The van der Waals surface area contributed by atoms with E-state index < -0.39 is 0 Å². The first-order chi connectivity index (χ1) is 9.13. The van der Waals surface area contributed by atoms with Crippen molar-refractivity contribution >= 4 is 23.9 Å². The van der Waals surface area contributed by atoms with Gasteiger partial charge in [0.05, 0.1) is 6.21 Å². The number of benzene rings is 1. The Bertz CT molecular complexity index is 588. The number of carbonyl (C=O) groups is 1. The summed E-state index contributed by atoms with van der Waals surface area (Å²) in [6.07, 6.45) is 1.47. The third-order valence-electron chi connectivity index (χ3n) is 2.26. The van der Waals surface area contributed by atoms with Gasteiger partial charge in [0.2, 0.25) is 5.91 Å². The molecule has 98 valence electrons. The van der Waals surface area contributed by atoms with E-state index in [0.717, 1.165) is 9.99 Å². The summed E-state index contributed by atoms with van der Waals surface area (Å²) in [5.74, 6) is 0.389. The van der Waals surface area contributed by atoms with Crippen molar-refractivity contribution in [3.8, 4) is 0 Å². The summed E-state index contributed by atoms with van der Waals surface area (Å²) in [5.41, 5.74) is 3.55. The molecule has 1 heterocycles. The second kappa shape index (κ2) is 6.24. The molecule has 19 heavy (non-hydrogen) atoms. The van der Waals surface area contributed by atoms with Crippen molar-refractivity contribution in [3.63, 3.8) is 0 Å². The zero-order chi connectivity index (χ0) is 13.7. The standard InChI is InChI=1S/C14H14N2O2S/c1-10-3-6-13(7-4-10)19-14-8-5-12(18-14)9-15-16-11(2)17/h3-9H,1-2H3,(H,16,17)/b15-9+. The fourth-order valence-electron chi connectivity index (χ4n) is 1.37. The Labute approximate surface area is 115 Å². The molecule has 0 saturated carbocycles. The molecule has 0 aliphatic heterocycles. The molecule has 0 atom stereocenters. The summed E-state index contributed by atoms with van der Waals surface area (Å²) >= 11 is 1.54.